The molecule has 7 rings (SSSR count). The van der Waals surface area contributed by atoms with Crippen LogP contribution >= 0.6 is 0 Å². The summed E-state index contributed by atoms with van der Waals surface area (Å²) in [4.78, 5) is 54.0. The molecule has 4 heterocycles. The van der Waals surface area contributed by atoms with Gasteiger partial charge in [-0.2, -0.15) is 0 Å². The number of nitrogens with one attached hydrogen (secondary N) is 2. The minimum Gasteiger partial charge on any atom is -0.493 e. The van der Waals surface area contributed by atoms with Crippen molar-refractivity contribution in [3.8, 4) is 17.2 Å². The minimum absolute atomic E-state index is 0.0574. The molecule has 224 valence electrons. The molecule has 2 N–H and O–H groups in total. The van der Waals surface area contributed by atoms with Crippen LogP contribution in [0.1, 0.15) is 44.8 Å². The van der Waals surface area contributed by atoms with Crippen molar-refractivity contribution in [2.75, 3.05) is 26.3 Å². The fourth-order valence-electron chi connectivity index (χ4n) is 5.14. The zero-order valence-corrected chi connectivity index (χ0v) is 24.1. The lowest BCUT2D eigenvalue weighted by Crippen LogP contribution is -2.45. The van der Waals surface area contributed by atoms with Gasteiger partial charge in [-0.25, -0.2) is 0 Å². The summed E-state index contributed by atoms with van der Waals surface area (Å²) in [7, 11) is 1.63. The lowest BCUT2D eigenvalue weighted by Gasteiger charge is -2.21. The number of pyridine rings is 1. The lowest BCUT2D eigenvalue weighted by atomic mass is 10.1. The van der Waals surface area contributed by atoms with Crippen molar-refractivity contribution < 1.29 is 28.6 Å². The number of aryl methyl sites for hydroxylation is 1. The number of ether oxygens (including phenoxy) is 3. The van der Waals surface area contributed by atoms with Crippen molar-refractivity contribution in [2.24, 2.45) is 13.0 Å². The first-order valence-corrected chi connectivity index (χ1v) is 14.4. The zero-order valence-electron chi connectivity index (χ0n) is 24.1. The molecule has 3 aromatic rings. The van der Waals surface area contributed by atoms with Crippen LogP contribution < -0.4 is 30.4 Å². The third-order valence-electron chi connectivity index (χ3n) is 8.05. The van der Waals surface area contributed by atoms with Crippen LogP contribution in [-0.2, 0) is 18.4 Å². The molecule has 1 saturated heterocycles. The van der Waals surface area contributed by atoms with Crippen LogP contribution in [0, 0.1) is 12.8 Å². The van der Waals surface area contributed by atoms with E-state index in [1.165, 1.54) is 15.5 Å². The molecule has 43 heavy (non-hydrogen) atoms. The molecule has 0 radical (unpaired) electrons. The molecule has 11 heteroatoms. The Labute approximate surface area is 248 Å². The van der Waals surface area contributed by atoms with E-state index in [0.29, 0.717) is 36.3 Å². The fourth-order valence-corrected chi connectivity index (χ4v) is 5.14. The molecule has 11 nitrogen and oxygen atoms in total. The van der Waals surface area contributed by atoms with Crippen LogP contribution in [0.15, 0.2) is 59.4 Å². The Hall–Kier alpha value is -4.80. The number of carbonyl (C=O) groups is 3. The smallest absolute Gasteiger partial charge is 0.263 e. The Morgan fingerprint density at radius 3 is 2.56 bits per heavy atom. The molecule has 4 aliphatic rings. The van der Waals surface area contributed by atoms with E-state index >= 15 is 0 Å². The molecule has 0 unspecified atom stereocenters. The molecule has 2 aromatic carbocycles. The van der Waals surface area contributed by atoms with Crippen LogP contribution in [0.25, 0.3) is 0 Å². The van der Waals surface area contributed by atoms with Crippen LogP contribution in [0.4, 0.5) is 0 Å². The van der Waals surface area contributed by atoms with Crippen LogP contribution in [0.5, 0.6) is 17.2 Å². The molecule has 1 aliphatic carbocycles. The topological polar surface area (TPSA) is 128 Å². The highest BCUT2D eigenvalue weighted by atomic mass is 16.5. The van der Waals surface area contributed by atoms with Gasteiger partial charge in [0.05, 0.1) is 19.2 Å². The highest BCUT2D eigenvalue weighted by molar-refractivity contribution is 5.96. The summed E-state index contributed by atoms with van der Waals surface area (Å²) in [5.41, 5.74) is 1.57. The number of amides is 3. The Bertz CT molecular complexity index is 1610. The van der Waals surface area contributed by atoms with Gasteiger partial charge in [-0.1, -0.05) is 12.1 Å². The van der Waals surface area contributed by atoms with Gasteiger partial charge in [0, 0.05) is 37.5 Å². The van der Waals surface area contributed by atoms with Crippen molar-refractivity contribution in [3.05, 3.63) is 87.3 Å². The predicted octanol–water partition coefficient (Wildman–Crippen LogP) is 2.19. The number of fused-ring (bicyclic) bond motifs is 7. The Morgan fingerprint density at radius 2 is 1.79 bits per heavy atom. The van der Waals surface area contributed by atoms with E-state index in [9.17, 15) is 19.2 Å². The SMILES string of the molecule is Cc1ccc(C(=O)N2C[C@@H]3NC(=O)c4cc(cc(OCC5CC5)c4)OCC(=O)NCc4ccc(cc4)O[C@H]3C2)c(=O)n1C. The van der Waals surface area contributed by atoms with Gasteiger partial charge in [0.2, 0.25) is 0 Å². The fraction of sp³-hybridized carbons (Fsp3) is 0.375. The minimum atomic E-state index is -0.589. The number of hydrogen-bond acceptors (Lipinski definition) is 7. The monoisotopic (exact) mass is 586 g/mol. The maximum absolute atomic E-state index is 13.6. The number of likely N-dealkylation sites (tertiary alicyclic amines) is 1. The quantitative estimate of drug-likeness (QED) is 0.480. The summed E-state index contributed by atoms with van der Waals surface area (Å²) in [6.45, 7) is 2.72. The molecule has 3 aliphatic heterocycles. The third-order valence-corrected chi connectivity index (χ3v) is 8.05. The molecule has 2 atom stereocenters. The van der Waals surface area contributed by atoms with Gasteiger partial charge in [-0.15, -0.1) is 0 Å². The van der Waals surface area contributed by atoms with Crippen molar-refractivity contribution in [2.45, 2.75) is 38.5 Å². The lowest BCUT2D eigenvalue weighted by molar-refractivity contribution is -0.123. The predicted molar refractivity (Wildman–Crippen MR) is 156 cm³/mol. The largest absolute Gasteiger partial charge is 0.493 e. The van der Waals surface area contributed by atoms with Gasteiger partial charge in [0.15, 0.2) is 6.61 Å². The highest BCUT2D eigenvalue weighted by Gasteiger charge is 2.39. The second-order valence-electron chi connectivity index (χ2n) is 11.4. The first-order valence-electron chi connectivity index (χ1n) is 14.4. The van der Waals surface area contributed by atoms with Gasteiger partial charge in [0.25, 0.3) is 23.3 Å². The molecule has 1 aromatic heterocycles. The Balaban J connectivity index is 1.30. The second kappa shape index (κ2) is 11.8. The first kappa shape index (κ1) is 28.3. The molecule has 2 fully saturated rings. The van der Waals surface area contributed by atoms with E-state index in [2.05, 4.69) is 10.6 Å². The molecular weight excluding hydrogens is 552 g/mol. The Kier molecular flexibility index (Phi) is 7.79. The van der Waals surface area contributed by atoms with E-state index in [1.54, 1.807) is 50.4 Å². The molecule has 0 spiro atoms. The maximum Gasteiger partial charge on any atom is 0.263 e. The van der Waals surface area contributed by atoms with Gasteiger partial charge >= 0.3 is 0 Å². The van der Waals surface area contributed by atoms with Crippen LogP contribution in [-0.4, -0.2) is 65.6 Å². The number of aromatic nitrogens is 1. The van der Waals surface area contributed by atoms with Gasteiger partial charge < -0.3 is 34.3 Å². The van der Waals surface area contributed by atoms with Gasteiger partial charge in [-0.3, -0.25) is 19.2 Å². The van der Waals surface area contributed by atoms with Gasteiger partial charge in [0.1, 0.15) is 28.9 Å². The standard InChI is InChI=1S/C32H34N4O7/c1-19-3-10-26(31(39)35(19)2)32(40)36-15-27-28(16-36)43-23-8-6-20(7-9-23)14-33-29(37)18-42-25-12-22(30(38)34-27)11-24(13-25)41-17-21-4-5-21/h3,6-13,21,27-28H,4-5,14-18H2,1-2H3,(H,33,37)(H,34,38)/t27-,28-/m0/s1. The van der Waals surface area contributed by atoms with Crippen LogP contribution in [0.3, 0.4) is 0 Å². The molecule has 1 saturated carbocycles. The van der Waals surface area contributed by atoms with E-state index in [0.717, 1.165) is 24.1 Å². The summed E-state index contributed by atoms with van der Waals surface area (Å²) in [5.74, 6) is 0.702. The second-order valence-corrected chi connectivity index (χ2v) is 11.4. The normalized spacial score (nSPS) is 20.3. The summed E-state index contributed by atoms with van der Waals surface area (Å²) >= 11 is 0. The average molecular weight is 587 g/mol. The summed E-state index contributed by atoms with van der Waals surface area (Å²) in [5, 5.41) is 5.86. The number of nitrogens with zero attached hydrogens (tertiary/aromatic N) is 2. The Morgan fingerprint density at radius 1 is 1.00 bits per heavy atom. The highest BCUT2D eigenvalue weighted by Crippen LogP contribution is 2.31. The van der Waals surface area contributed by atoms with Crippen molar-refractivity contribution in [1.29, 1.82) is 0 Å². The van der Waals surface area contributed by atoms with Crippen LogP contribution in [0.2, 0.25) is 0 Å². The summed E-state index contributed by atoms with van der Waals surface area (Å²) in [6.07, 6.45) is 1.63. The number of hydrogen-bond donors (Lipinski definition) is 2. The zero-order chi connectivity index (χ0) is 30.1. The number of benzene rings is 2. The van der Waals surface area contributed by atoms with Crippen molar-refractivity contribution in [1.82, 2.24) is 20.1 Å². The van der Waals surface area contributed by atoms with Crippen molar-refractivity contribution >= 4 is 17.7 Å². The average Bonchev–Trinajstić information content (AvgIpc) is 3.76. The van der Waals surface area contributed by atoms with E-state index in [-0.39, 0.29) is 42.3 Å². The van der Waals surface area contributed by atoms with E-state index < -0.39 is 24.0 Å². The first-order chi connectivity index (χ1) is 20.7. The van der Waals surface area contributed by atoms with E-state index in [1.807, 2.05) is 12.1 Å². The maximum atomic E-state index is 13.6. The third kappa shape index (κ3) is 6.50. The van der Waals surface area contributed by atoms with E-state index in [4.69, 9.17) is 14.2 Å². The number of carbonyl (C=O) groups excluding carboxylic acids is 3. The summed E-state index contributed by atoms with van der Waals surface area (Å²) < 4.78 is 19.4. The number of rotatable bonds is 4. The van der Waals surface area contributed by atoms with Gasteiger partial charge in [-0.05, 0) is 67.6 Å². The molecular formula is C32H34N4O7. The molecule has 3 amide bonds. The summed E-state index contributed by atoms with van der Waals surface area (Å²) in [6, 6.07) is 14.8. The van der Waals surface area contributed by atoms with Crippen molar-refractivity contribution in [3.63, 3.8) is 0 Å². The molecule has 4 bridgehead atoms.